The fourth-order valence-corrected chi connectivity index (χ4v) is 2.03. The van der Waals surface area contributed by atoms with E-state index in [0.717, 1.165) is 12.5 Å². The van der Waals surface area contributed by atoms with Gasteiger partial charge in [-0.15, -0.1) is 0 Å². The summed E-state index contributed by atoms with van der Waals surface area (Å²) in [6, 6.07) is 2.77. The molecule has 0 spiro atoms. The van der Waals surface area contributed by atoms with Gasteiger partial charge >= 0.3 is 0 Å². The van der Waals surface area contributed by atoms with Crippen LogP contribution in [-0.4, -0.2) is 11.6 Å². The smallest absolute Gasteiger partial charge is 0.0332 e. The SMILES string of the molecule is CCCC(NC)c1ccn(CC(C)CC)c1. The van der Waals surface area contributed by atoms with Gasteiger partial charge in [0.25, 0.3) is 0 Å². The molecule has 1 heterocycles. The van der Waals surface area contributed by atoms with Crippen LogP contribution in [0.4, 0.5) is 0 Å². The minimum Gasteiger partial charge on any atom is -0.354 e. The van der Waals surface area contributed by atoms with Crippen molar-refractivity contribution in [2.45, 2.75) is 52.6 Å². The highest BCUT2D eigenvalue weighted by atomic mass is 15.0. The highest BCUT2D eigenvalue weighted by Gasteiger charge is 2.09. The third-order valence-corrected chi connectivity index (χ3v) is 3.32. The molecule has 0 saturated heterocycles. The molecule has 1 aromatic heterocycles. The molecule has 2 atom stereocenters. The van der Waals surface area contributed by atoms with Crippen LogP contribution < -0.4 is 5.32 Å². The van der Waals surface area contributed by atoms with Gasteiger partial charge in [0.15, 0.2) is 0 Å². The molecule has 1 N–H and O–H groups in total. The number of hydrogen-bond donors (Lipinski definition) is 1. The number of rotatable bonds is 7. The summed E-state index contributed by atoms with van der Waals surface area (Å²) < 4.78 is 2.32. The predicted octanol–water partition coefficient (Wildman–Crippen LogP) is 3.59. The van der Waals surface area contributed by atoms with Gasteiger partial charge in [-0.3, -0.25) is 0 Å². The Kier molecular flexibility index (Phi) is 5.61. The topological polar surface area (TPSA) is 17.0 Å². The Morgan fingerprint density at radius 2 is 2.12 bits per heavy atom. The van der Waals surface area contributed by atoms with Gasteiger partial charge in [-0.05, 0) is 31.0 Å². The minimum absolute atomic E-state index is 0.517. The molecule has 92 valence electrons. The van der Waals surface area contributed by atoms with Crippen molar-refractivity contribution >= 4 is 0 Å². The van der Waals surface area contributed by atoms with Crippen molar-refractivity contribution in [3.63, 3.8) is 0 Å². The van der Waals surface area contributed by atoms with Gasteiger partial charge in [0.05, 0.1) is 0 Å². The van der Waals surface area contributed by atoms with E-state index in [1.165, 1.54) is 24.8 Å². The summed E-state index contributed by atoms with van der Waals surface area (Å²) in [6.45, 7) is 7.93. The van der Waals surface area contributed by atoms with Crippen LogP contribution in [0.15, 0.2) is 18.5 Å². The van der Waals surface area contributed by atoms with Crippen molar-refractivity contribution in [3.8, 4) is 0 Å². The predicted molar refractivity (Wildman–Crippen MR) is 70.6 cm³/mol. The van der Waals surface area contributed by atoms with E-state index >= 15 is 0 Å². The summed E-state index contributed by atoms with van der Waals surface area (Å²) in [4.78, 5) is 0. The van der Waals surface area contributed by atoms with Crippen LogP contribution in [0.25, 0.3) is 0 Å². The average molecular weight is 222 g/mol. The molecule has 0 fully saturated rings. The van der Waals surface area contributed by atoms with E-state index in [-0.39, 0.29) is 0 Å². The van der Waals surface area contributed by atoms with Crippen molar-refractivity contribution in [2.75, 3.05) is 7.05 Å². The van der Waals surface area contributed by atoms with Crippen molar-refractivity contribution in [1.82, 2.24) is 9.88 Å². The Bertz CT molecular complexity index is 291. The lowest BCUT2D eigenvalue weighted by atomic mass is 10.1. The van der Waals surface area contributed by atoms with Gasteiger partial charge in [0, 0.05) is 25.0 Å². The number of nitrogens with zero attached hydrogens (tertiary/aromatic N) is 1. The maximum Gasteiger partial charge on any atom is 0.0332 e. The minimum atomic E-state index is 0.517. The van der Waals surface area contributed by atoms with Gasteiger partial charge in [-0.1, -0.05) is 33.6 Å². The van der Waals surface area contributed by atoms with Crippen LogP contribution in [0.1, 0.15) is 51.6 Å². The first-order valence-corrected chi connectivity index (χ1v) is 6.54. The molecule has 0 aliphatic heterocycles. The third kappa shape index (κ3) is 3.67. The molecule has 0 radical (unpaired) electrons. The maximum absolute atomic E-state index is 3.39. The van der Waals surface area contributed by atoms with Gasteiger partial charge in [0.2, 0.25) is 0 Å². The Morgan fingerprint density at radius 1 is 1.38 bits per heavy atom. The standard InChI is InChI=1S/C14H26N2/c1-5-7-14(15-4)13-8-9-16(11-13)10-12(3)6-2/h8-9,11-12,14-15H,5-7,10H2,1-4H3. The highest BCUT2D eigenvalue weighted by molar-refractivity contribution is 5.15. The molecule has 2 unspecified atom stereocenters. The zero-order chi connectivity index (χ0) is 12.0. The van der Waals surface area contributed by atoms with Crippen molar-refractivity contribution in [2.24, 2.45) is 5.92 Å². The van der Waals surface area contributed by atoms with E-state index in [0.29, 0.717) is 6.04 Å². The molecule has 0 amide bonds. The van der Waals surface area contributed by atoms with E-state index in [4.69, 9.17) is 0 Å². The lowest BCUT2D eigenvalue weighted by Gasteiger charge is -2.14. The lowest BCUT2D eigenvalue weighted by molar-refractivity contribution is 0.467. The van der Waals surface area contributed by atoms with Crippen LogP contribution in [-0.2, 0) is 6.54 Å². The monoisotopic (exact) mass is 222 g/mol. The van der Waals surface area contributed by atoms with E-state index in [1.54, 1.807) is 0 Å². The Balaban J connectivity index is 2.62. The average Bonchev–Trinajstić information content (AvgIpc) is 2.74. The summed E-state index contributed by atoms with van der Waals surface area (Å²) in [5.74, 6) is 0.763. The maximum atomic E-state index is 3.39. The lowest BCUT2D eigenvalue weighted by Crippen LogP contribution is -2.15. The van der Waals surface area contributed by atoms with Crippen LogP contribution in [0.3, 0.4) is 0 Å². The molecular formula is C14H26N2. The zero-order valence-corrected chi connectivity index (χ0v) is 11.2. The molecular weight excluding hydrogens is 196 g/mol. The Labute approximate surface area is 100 Å². The fourth-order valence-electron chi connectivity index (χ4n) is 2.03. The quantitative estimate of drug-likeness (QED) is 0.746. The third-order valence-electron chi connectivity index (χ3n) is 3.32. The van der Waals surface area contributed by atoms with E-state index < -0.39 is 0 Å². The molecule has 2 nitrogen and oxygen atoms in total. The Hall–Kier alpha value is -0.760. The first-order chi connectivity index (χ1) is 7.71. The number of aromatic nitrogens is 1. The second-order valence-corrected chi connectivity index (χ2v) is 4.78. The van der Waals surface area contributed by atoms with Gasteiger partial charge in [-0.25, -0.2) is 0 Å². The number of nitrogens with one attached hydrogen (secondary N) is 1. The molecule has 1 rings (SSSR count). The fraction of sp³-hybridized carbons (Fsp3) is 0.714. The molecule has 0 saturated carbocycles. The van der Waals surface area contributed by atoms with Crippen LogP contribution in [0.2, 0.25) is 0 Å². The summed E-state index contributed by atoms with van der Waals surface area (Å²) in [5, 5.41) is 3.39. The summed E-state index contributed by atoms with van der Waals surface area (Å²) in [6.07, 6.45) is 8.19. The summed E-state index contributed by atoms with van der Waals surface area (Å²) >= 11 is 0. The molecule has 0 aromatic carbocycles. The van der Waals surface area contributed by atoms with E-state index in [9.17, 15) is 0 Å². The van der Waals surface area contributed by atoms with E-state index in [1.807, 2.05) is 7.05 Å². The molecule has 2 heteroatoms. The first kappa shape index (κ1) is 13.3. The van der Waals surface area contributed by atoms with Gasteiger partial charge in [-0.2, -0.15) is 0 Å². The van der Waals surface area contributed by atoms with Gasteiger partial charge in [0.1, 0.15) is 0 Å². The van der Waals surface area contributed by atoms with Crippen LogP contribution in [0, 0.1) is 5.92 Å². The van der Waals surface area contributed by atoms with Crippen molar-refractivity contribution in [1.29, 1.82) is 0 Å². The molecule has 0 bridgehead atoms. The molecule has 0 aliphatic carbocycles. The Morgan fingerprint density at radius 3 is 2.69 bits per heavy atom. The largest absolute Gasteiger partial charge is 0.354 e. The first-order valence-electron chi connectivity index (χ1n) is 6.54. The molecule has 0 aliphatic rings. The molecule has 16 heavy (non-hydrogen) atoms. The second-order valence-electron chi connectivity index (χ2n) is 4.78. The second kappa shape index (κ2) is 6.74. The van der Waals surface area contributed by atoms with Crippen LogP contribution >= 0.6 is 0 Å². The van der Waals surface area contributed by atoms with Crippen molar-refractivity contribution in [3.05, 3.63) is 24.0 Å². The summed E-state index contributed by atoms with van der Waals surface area (Å²) in [5.41, 5.74) is 1.42. The summed E-state index contributed by atoms with van der Waals surface area (Å²) in [7, 11) is 2.05. The zero-order valence-electron chi connectivity index (χ0n) is 11.2. The van der Waals surface area contributed by atoms with Crippen LogP contribution in [0.5, 0.6) is 0 Å². The van der Waals surface area contributed by atoms with Crippen molar-refractivity contribution < 1.29 is 0 Å². The van der Waals surface area contributed by atoms with E-state index in [2.05, 4.69) is 49.1 Å². The normalized spacial score (nSPS) is 15.0. The van der Waals surface area contributed by atoms with Gasteiger partial charge < -0.3 is 9.88 Å². The highest BCUT2D eigenvalue weighted by Crippen LogP contribution is 2.19. The number of hydrogen-bond acceptors (Lipinski definition) is 1. The molecule has 1 aromatic rings.